The minimum absolute atomic E-state index is 0.0279. The predicted molar refractivity (Wildman–Crippen MR) is 101 cm³/mol. The number of para-hydroxylation sites is 1. The molecule has 1 aliphatic rings. The Balaban J connectivity index is 2.25. The Morgan fingerprint density at radius 1 is 1.28 bits per heavy atom. The maximum absolute atomic E-state index is 12.5. The molecular weight excluding hydrogens is 334 g/mol. The van der Waals surface area contributed by atoms with Gasteiger partial charge in [-0.2, -0.15) is 0 Å². The summed E-state index contributed by atoms with van der Waals surface area (Å²) in [5.74, 6) is -0.403. The molecule has 2 rings (SSSR count). The molecule has 1 atom stereocenters. The topological polar surface area (TPSA) is 55.8 Å². The van der Waals surface area contributed by atoms with Crippen LogP contribution >= 0.6 is 0 Å². The first-order valence-corrected chi connectivity index (χ1v) is 11.6. The number of carbonyl (C=O) groups is 2. The third-order valence-electron chi connectivity index (χ3n) is 5.34. The van der Waals surface area contributed by atoms with Gasteiger partial charge in [0.1, 0.15) is 0 Å². The summed E-state index contributed by atoms with van der Waals surface area (Å²) < 4.78 is 11.2. The quantitative estimate of drug-likeness (QED) is 0.586. The molecule has 0 spiro atoms. The van der Waals surface area contributed by atoms with E-state index in [1.54, 1.807) is 23.1 Å². The van der Waals surface area contributed by atoms with Crippen molar-refractivity contribution >= 4 is 25.9 Å². The summed E-state index contributed by atoms with van der Waals surface area (Å²) in [6.45, 7) is 11.5. The molecule has 1 saturated heterocycles. The smallest absolute Gasteiger partial charge is 0.339 e. The molecule has 1 aliphatic heterocycles. The minimum atomic E-state index is -1.90. The number of hydrogen-bond acceptors (Lipinski definition) is 4. The second-order valence-corrected chi connectivity index (χ2v) is 12.8. The molecular formula is C19H29NO4Si. The molecule has 1 aromatic carbocycles. The highest BCUT2D eigenvalue weighted by Crippen LogP contribution is 2.38. The maximum Gasteiger partial charge on any atom is 0.339 e. The molecule has 0 aromatic heterocycles. The molecule has 0 bridgehead atoms. The van der Waals surface area contributed by atoms with Gasteiger partial charge in [-0.25, -0.2) is 4.79 Å². The summed E-state index contributed by atoms with van der Waals surface area (Å²) in [5, 5.41) is 0.115. The van der Waals surface area contributed by atoms with Crippen LogP contribution < -0.4 is 4.90 Å². The van der Waals surface area contributed by atoms with Crippen molar-refractivity contribution in [3.05, 3.63) is 29.8 Å². The van der Waals surface area contributed by atoms with Crippen LogP contribution in [-0.4, -0.2) is 40.0 Å². The molecule has 1 heterocycles. The Hall–Kier alpha value is -1.66. The fraction of sp³-hybridized carbons (Fsp3) is 0.579. The summed E-state index contributed by atoms with van der Waals surface area (Å²) in [4.78, 5) is 26.3. The Bertz CT molecular complexity index is 651. The molecule has 6 heteroatoms. The standard InChI is InChI=1S/C19H29NO4Si/c1-19(2,3)25(5,6)24-13-14-11-12-17(21)20(14)16-10-8-7-9-15(16)18(22)23-4/h7-10,14H,11-13H2,1-6H3/t14-/m0/s1. The number of rotatable bonds is 5. The number of ether oxygens (including phenoxy) is 1. The number of benzene rings is 1. The molecule has 1 aromatic rings. The summed E-state index contributed by atoms with van der Waals surface area (Å²) in [6, 6.07) is 7.05. The number of esters is 1. The van der Waals surface area contributed by atoms with Gasteiger partial charge in [0.25, 0.3) is 0 Å². The van der Waals surface area contributed by atoms with Crippen molar-refractivity contribution in [1.82, 2.24) is 0 Å². The molecule has 0 radical (unpaired) electrons. The number of anilines is 1. The van der Waals surface area contributed by atoms with E-state index in [1.807, 2.05) is 6.07 Å². The van der Waals surface area contributed by atoms with Gasteiger partial charge in [0.05, 0.1) is 31.0 Å². The van der Waals surface area contributed by atoms with E-state index in [2.05, 4.69) is 33.9 Å². The van der Waals surface area contributed by atoms with Crippen LogP contribution in [0.4, 0.5) is 5.69 Å². The molecule has 138 valence electrons. The summed E-state index contributed by atoms with van der Waals surface area (Å²) >= 11 is 0. The first-order valence-electron chi connectivity index (χ1n) is 8.72. The van der Waals surface area contributed by atoms with Gasteiger partial charge in [-0.1, -0.05) is 32.9 Å². The van der Waals surface area contributed by atoms with Crippen molar-refractivity contribution in [2.24, 2.45) is 0 Å². The average molecular weight is 364 g/mol. The van der Waals surface area contributed by atoms with Gasteiger partial charge in [-0.15, -0.1) is 0 Å². The van der Waals surface area contributed by atoms with Crippen molar-refractivity contribution in [2.75, 3.05) is 18.6 Å². The number of methoxy groups -OCH3 is 1. The molecule has 0 unspecified atom stereocenters. The largest absolute Gasteiger partial charge is 0.465 e. The van der Waals surface area contributed by atoms with Crippen LogP contribution in [0.5, 0.6) is 0 Å². The number of nitrogens with zero attached hydrogens (tertiary/aromatic N) is 1. The number of hydrogen-bond donors (Lipinski definition) is 0. The van der Waals surface area contributed by atoms with Crippen molar-refractivity contribution < 1.29 is 18.8 Å². The average Bonchev–Trinajstić information content (AvgIpc) is 2.92. The zero-order chi connectivity index (χ0) is 18.8. The Kier molecular flexibility index (Phi) is 5.74. The lowest BCUT2D eigenvalue weighted by atomic mass is 10.1. The molecule has 0 N–H and O–H groups in total. The van der Waals surface area contributed by atoms with Crippen LogP contribution in [0, 0.1) is 0 Å². The van der Waals surface area contributed by atoms with Gasteiger partial charge in [-0.05, 0) is 36.7 Å². The lowest BCUT2D eigenvalue weighted by Gasteiger charge is -2.38. The first-order chi connectivity index (χ1) is 11.6. The van der Waals surface area contributed by atoms with Gasteiger partial charge in [0, 0.05) is 6.42 Å². The van der Waals surface area contributed by atoms with E-state index in [0.717, 1.165) is 6.42 Å². The highest BCUT2D eigenvalue weighted by molar-refractivity contribution is 6.74. The van der Waals surface area contributed by atoms with E-state index in [1.165, 1.54) is 7.11 Å². The van der Waals surface area contributed by atoms with Gasteiger partial charge in [0.15, 0.2) is 8.32 Å². The third kappa shape index (κ3) is 4.12. The SMILES string of the molecule is COC(=O)c1ccccc1N1C(=O)CC[C@H]1CO[Si](C)(C)C(C)(C)C. The summed E-state index contributed by atoms with van der Waals surface area (Å²) in [7, 11) is -0.547. The summed E-state index contributed by atoms with van der Waals surface area (Å²) in [6.07, 6.45) is 1.21. The lowest BCUT2D eigenvalue weighted by Crippen LogP contribution is -2.45. The van der Waals surface area contributed by atoms with E-state index in [-0.39, 0.29) is 17.0 Å². The van der Waals surface area contributed by atoms with E-state index in [0.29, 0.717) is 24.3 Å². The van der Waals surface area contributed by atoms with Crippen molar-refractivity contribution in [2.45, 2.75) is 57.8 Å². The van der Waals surface area contributed by atoms with Crippen molar-refractivity contribution in [3.63, 3.8) is 0 Å². The number of carbonyl (C=O) groups excluding carboxylic acids is 2. The summed E-state index contributed by atoms with van der Waals surface area (Å²) in [5.41, 5.74) is 1.03. The Morgan fingerprint density at radius 2 is 1.92 bits per heavy atom. The number of amides is 1. The van der Waals surface area contributed by atoms with Gasteiger partial charge in [-0.3, -0.25) is 4.79 Å². The minimum Gasteiger partial charge on any atom is -0.465 e. The lowest BCUT2D eigenvalue weighted by molar-refractivity contribution is -0.117. The van der Waals surface area contributed by atoms with Crippen molar-refractivity contribution in [3.8, 4) is 0 Å². The molecule has 0 saturated carbocycles. The fourth-order valence-corrected chi connectivity index (χ4v) is 3.76. The molecule has 25 heavy (non-hydrogen) atoms. The molecule has 0 aliphatic carbocycles. The maximum atomic E-state index is 12.5. The van der Waals surface area contributed by atoms with Crippen LogP contribution in [0.1, 0.15) is 44.0 Å². The highest BCUT2D eigenvalue weighted by atomic mass is 28.4. The molecule has 1 amide bonds. The second kappa shape index (κ2) is 7.29. The predicted octanol–water partition coefficient (Wildman–Crippen LogP) is 3.99. The fourth-order valence-electron chi connectivity index (χ4n) is 2.72. The Labute approximate surface area is 151 Å². The van der Waals surface area contributed by atoms with Crippen LogP contribution in [-0.2, 0) is 14.0 Å². The van der Waals surface area contributed by atoms with Crippen LogP contribution in [0.15, 0.2) is 24.3 Å². The molecule has 5 nitrogen and oxygen atoms in total. The van der Waals surface area contributed by atoms with Gasteiger partial charge >= 0.3 is 5.97 Å². The van der Waals surface area contributed by atoms with E-state index < -0.39 is 14.3 Å². The van der Waals surface area contributed by atoms with E-state index in [4.69, 9.17) is 9.16 Å². The molecule has 1 fully saturated rings. The second-order valence-electron chi connectivity index (χ2n) is 8.04. The van der Waals surface area contributed by atoms with Crippen LogP contribution in [0.25, 0.3) is 0 Å². The monoisotopic (exact) mass is 363 g/mol. The zero-order valence-corrected chi connectivity index (χ0v) is 17.1. The third-order valence-corrected chi connectivity index (χ3v) is 9.84. The Morgan fingerprint density at radius 3 is 2.52 bits per heavy atom. The first kappa shape index (κ1) is 19.7. The zero-order valence-electron chi connectivity index (χ0n) is 16.1. The van der Waals surface area contributed by atoms with E-state index >= 15 is 0 Å². The van der Waals surface area contributed by atoms with Gasteiger partial charge in [0.2, 0.25) is 5.91 Å². The van der Waals surface area contributed by atoms with Gasteiger partial charge < -0.3 is 14.1 Å². The normalized spacial score (nSPS) is 18.6. The van der Waals surface area contributed by atoms with Crippen LogP contribution in [0.2, 0.25) is 18.1 Å². The van der Waals surface area contributed by atoms with Crippen LogP contribution in [0.3, 0.4) is 0 Å². The van der Waals surface area contributed by atoms with E-state index in [9.17, 15) is 9.59 Å². The highest BCUT2D eigenvalue weighted by Gasteiger charge is 2.40. The van der Waals surface area contributed by atoms with Crippen molar-refractivity contribution in [1.29, 1.82) is 0 Å².